The molecule has 2 aromatic rings. The van der Waals surface area contributed by atoms with Gasteiger partial charge in [0.05, 0.1) is 27.9 Å². The number of nitriles is 2. The third kappa shape index (κ3) is 4.29. The van der Waals surface area contributed by atoms with Crippen molar-refractivity contribution in [1.82, 2.24) is 0 Å². The van der Waals surface area contributed by atoms with Gasteiger partial charge >= 0.3 is 0 Å². The number of carbonyl (C=O) groups excluding carboxylic acids is 1. The Balaban J connectivity index is 2.09. The van der Waals surface area contributed by atoms with E-state index in [4.69, 9.17) is 32.7 Å². The molecule has 1 amide bonds. The normalized spacial score (nSPS) is 12.4. The lowest BCUT2D eigenvalue weighted by molar-refractivity contribution is -0.138. The number of nitrogens with zero attached hydrogens (tertiary/aromatic N) is 3. The molecule has 3 N–H and O–H groups in total. The Hall–Kier alpha value is -3.10. The standard InChI is InChI=1S/C18H15ClN4O3/c1-18(25,11-26-15-6-2-12(9-20)3-7-15)17(24)23(22)14-5-4-13(10-21)16(19)8-14/h2-8,25H,11,22H2,1H3/t18-/m0/s1. The van der Waals surface area contributed by atoms with Gasteiger partial charge < -0.3 is 9.84 Å². The van der Waals surface area contributed by atoms with Crippen molar-refractivity contribution in [2.45, 2.75) is 12.5 Å². The Kier molecular flexibility index (Phi) is 5.81. The molecule has 0 aromatic heterocycles. The van der Waals surface area contributed by atoms with Crippen LogP contribution in [0.5, 0.6) is 5.75 Å². The van der Waals surface area contributed by atoms with Gasteiger partial charge in [0.2, 0.25) is 0 Å². The summed E-state index contributed by atoms with van der Waals surface area (Å²) >= 11 is 5.93. The molecule has 0 unspecified atom stereocenters. The average Bonchev–Trinajstić information content (AvgIpc) is 2.65. The molecule has 0 saturated carbocycles. The van der Waals surface area contributed by atoms with Crippen LogP contribution in [0, 0.1) is 22.7 Å². The van der Waals surface area contributed by atoms with Gasteiger partial charge in [-0.2, -0.15) is 10.5 Å². The molecular weight excluding hydrogens is 356 g/mol. The lowest BCUT2D eigenvalue weighted by Crippen LogP contribution is -2.53. The molecule has 0 aliphatic heterocycles. The van der Waals surface area contributed by atoms with Crippen molar-refractivity contribution < 1.29 is 14.6 Å². The van der Waals surface area contributed by atoms with E-state index in [2.05, 4.69) is 0 Å². The van der Waals surface area contributed by atoms with Crippen LogP contribution in [0.1, 0.15) is 18.1 Å². The fourth-order valence-corrected chi connectivity index (χ4v) is 2.25. The molecule has 0 aliphatic carbocycles. The van der Waals surface area contributed by atoms with Crippen LogP contribution in [0.15, 0.2) is 42.5 Å². The molecule has 7 nitrogen and oxygen atoms in total. The Bertz CT molecular complexity index is 898. The molecule has 0 radical (unpaired) electrons. The van der Waals surface area contributed by atoms with Crippen LogP contribution in [0.2, 0.25) is 5.02 Å². The largest absolute Gasteiger partial charge is 0.490 e. The van der Waals surface area contributed by atoms with Crippen molar-refractivity contribution in [2.75, 3.05) is 11.6 Å². The smallest absolute Gasteiger partial charge is 0.276 e. The maximum atomic E-state index is 12.5. The van der Waals surface area contributed by atoms with E-state index in [0.29, 0.717) is 11.3 Å². The van der Waals surface area contributed by atoms with Crippen molar-refractivity contribution in [3.8, 4) is 17.9 Å². The number of halogens is 1. The maximum absolute atomic E-state index is 12.5. The van der Waals surface area contributed by atoms with Crippen molar-refractivity contribution in [3.63, 3.8) is 0 Å². The third-order valence-electron chi connectivity index (χ3n) is 3.53. The van der Waals surface area contributed by atoms with Gasteiger partial charge in [0.1, 0.15) is 18.4 Å². The number of nitrogens with two attached hydrogens (primary N) is 1. The first-order chi connectivity index (χ1) is 12.3. The average molecular weight is 371 g/mol. The van der Waals surface area contributed by atoms with Gasteiger partial charge in [-0.05, 0) is 49.4 Å². The monoisotopic (exact) mass is 370 g/mol. The van der Waals surface area contributed by atoms with Crippen LogP contribution >= 0.6 is 11.6 Å². The summed E-state index contributed by atoms with van der Waals surface area (Å²) < 4.78 is 5.41. The van der Waals surface area contributed by atoms with E-state index in [0.717, 1.165) is 5.01 Å². The van der Waals surface area contributed by atoms with E-state index in [1.807, 2.05) is 12.1 Å². The topological polar surface area (TPSA) is 123 Å². The van der Waals surface area contributed by atoms with Gasteiger partial charge in [-0.15, -0.1) is 0 Å². The Morgan fingerprint density at radius 1 is 1.27 bits per heavy atom. The number of hydrazine groups is 1. The second kappa shape index (κ2) is 7.85. The summed E-state index contributed by atoms with van der Waals surface area (Å²) in [6.45, 7) is 0.916. The minimum atomic E-state index is -1.91. The van der Waals surface area contributed by atoms with Crippen molar-refractivity contribution in [3.05, 3.63) is 58.6 Å². The van der Waals surface area contributed by atoms with E-state index in [1.165, 1.54) is 25.1 Å². The number of ether oxygens (including phenoxy) is 1. The van der Waals surface area contributed by atoms with Crippen LogP contribution in [-0.4, -0.2) is 23.2 Å². The lowest BCUT2D eigenvalue weighted by Gasteiger charge is -2.27. The fraction of sp³-hybridized carbons (Fsp3) is 0.167. The van der Waals surface area contributed by atoms with Gasteiger partial charge in [0.15, 0.2) is 5.60 Å². The summed E-state index contributed by atoms with van der Waals surface area (Å²) in [5.74, 6) is 5.36. The van der Waals surface area contributed by atoms with Crippen LogP contribution < -0.4 is 15.6 Å². The van der Waals surface area contributed by atoms with Gasteiger partial charge in [-0.25, -0.2) is 10.9 Å². The first kappa shape index (κ1) is 19.2. The molecule has 132 valence electrons. The highest BCUT2D eigenvalue weighted by Crippen LogP contribution is 2.24. The zero-order chi connectivity index (χ0) is 19.3. The summed E-state index contributed by atoms with van der Waals surface area (Å²) in [7, 11) is 0. The molecule has 1 atom stereocenters. The third-order valence-corrected chi connectivity index (χ3v) is 3.85. The number of carbonyl (C=O) groups is 1. The summed E-state index contributed by atoms with van der Waals surface area (Å²) in [6, 6.07) is 14.3. The molecule has 0 fully saturated rings. The predicted octanol–water partition coefficient (Wildman–Crippen LogP) is 2.12. The first-order valence-corrected chi connectivity index (χ1v) is 7.80. The number of aliphatic hydroxyl groups is 1. The minimum Gasteiger partial charge on any atom is -0.490 e. The number of anilines is 1. The zero-order valence-electron chi connectivity index (χ0n) is 13.8. The predicted molar refractivity (Wildman–Crippen MR) is 95.1 cm³/mol. The molecule has 0 aliphatic rings. The highest BCUT2D eigenvalue weighted by atomic mass is 35.5. The molecule has 26 heavy (non-hydrogen) atoms. The van der Waals surface area contributed by atoms with E-state index in [9.17, 15) is 9.90 Å². The van der Waals surface area contributed by atoms with E-state index in [-0.39, 0.29) is 22.9 Å². The van der Waals surface area contributed by atoms with E-state index < -0.39 is 11.5 Å². The van der Waals surface area contributed by atoms with Crippen molar-refractivity contribution in [2.24, 2.45) is 5.84 Å². The Morgan fingerprint density at radius 3 is 2.46 bits per heavy atom. The molecule has 2 rings (SSSR count). The molecule has 2 aromatic carbocycles. The molecule has 0 bridgehead atoms. The van der Waals surface area contributed by atoms with Crippen LogP contribution in [-0.2, 0) is 4.79 Å². The maximum Gasteiger partial charge on any atom is 0.276 e. The fourth-order valence-electron chi connectivity index (χ4n) is 2.03. The van der Waals surface area contributed by atoms with E-state index in [1.54, 1.807) is 24.3 Å². The summed E-state index contributed by atoms with van der Waals surface area (Å²) in [4.78, 5) is 12.5. The number of rotatable bonds is 5. The van der Waals surface area contributed by atoms with Gasteiger partial charge in [0, 0.05) is 0 Å². The van der Waals surface area contributed by atoms with Crippen LogP contribution in [0.3, 0.4) is 0 Å². The highest BCUT2D eigenvalue weighted by Gasteiger charge is 2.35. The molecule has 0 saturated heterocycles. The molecule has 0 spiro atoms. The summed E-state index contributed by atoms with van der Waals surface area (Å²) in [5, 5.41) is 28.9. The molecular formula is C18H15ClN4O3. The number of benzene rings is 2. The second-order valence-electron chi connectivity index (χ2n) is 5.65. The van der Waals surface area contributed by atoms with Gasteiger partial charge in [-0.3, -0.25) is 4.79 Å². The second-order valence-corrected chi connectivity index (χ2v) is 6.06. The van der Waals surface area contributed by atoms with Crippen LogP contribution in [0.4, 0.5) is 5.69 Å². The lowest BCUT2D eigenvalue weighted by atomic mass is 10.1. The molecule has 0 heterocycles. The van der Waals surface area contributed by atoms with Crippen LogP contribution in [0.25, 0.3) is 0 Å². The number of hydrogen-bond donors (Lipinski definition) is 2. The summed E-state index contributed by atoms with van der Waals surface area (Å²) in [5.41, 5.74) is -0.987. The van der Waals surface area contributed by atoms with E-state index >= 15 is 0 Å². The Labute approximate surface area is 155 Å². The van der Waals surface area contributed by atoms with Crippen molar-refractivity contribution in [1.29, 1.82) is 10.5 Å². The van der Waals surface area contributed by atoms with Crippen molar-refractivity contribution >= 4 is 23.2 Å². The van der Waals surface area contributed by atoms with Gasteiger partial charge in [-0.1, -0.05) is 11.6 Å². The number of hydrogen-bond acceptors (Lipinski definition) is 6. The minimum absolute atomic E-state index is 0.140. The first-order valence-electron chi connectivity index (χ1n) is 7.43. The summed E-state index contributed by atoms with van der Waals surface area (Å²) in [6.07, 6.45) is 0. The Morgan fingerprint density at radius 2 is 1.92 bits per heavy atom. The highest BCUT2D eigenvalue weighted by molar-refractivity contribution is 6.32. The zero-order valence-corrected chi connectivity index (χ0v) is 14.6. The van der Waals surface area contributed by atoms with Gasteiger partial charge in [0.25, 0.3) is 5.91 Å². The number of amides is 1. The molecule has 8 heteroatoms. The quantitative estimate of drug-likeness (QED) is 0.472. The SMILES string of the molecule is C[C@](O)(COc1ccc(C#N)cc1)C(=O)N(N)c1ccc(C#N)c(Cl)c1.